The Morgan fingerprint density at radius 2 is 2.15 bits per heavy atom. The van der Waals surface area contributed by atoms with Crippen molar-refractivity contribution >= 4 is 23.6 Å². The van der Waals surface area contributed by atoms with Crippen LogP contribution in [0.3, 0.4) is 0 Å². The molecule has 0 aliphatic carbocycles. The summed E-state index contributed by atoms with van der Waals surface area (Å²) in [5.41, 5.74) is -0.316. The molecule has 20 heavy (non-hydrogen) atoms. The number of carbonyl (C=O) groups is 2. The maximum atomic E-state index is 12.2. The van der Waals surface area contributed by atoms with Crippen LogP contribution < -0.4 is 5.32 Å². The molecule has 1 aromatic carbocycles. The van der Waals surface area contributed by atoms with Gasteiger partial charge in [-0.25, -0.2) is 9.59 Å². The first-order valence-corrected chi connectivity index (χ1v) is 6.85. The molecule has 1 aliphatic heterocycles. The highest BCUT2D eigenvalue weighted by molar-refractivity contribution is 6.31. The molecule has 5 nitrogen and oxygen atoms in total. The minimum absolute atomic E-state index is 0.282. The van der Waals surface area contributed by atoms with Gasteiger partial charge in [0.2, 0.25) is 0 Å². The quantitative estimate of drug-likeness (QED) is 0.900. The SMILES string of the molecule is CC1(C(=O)O)CCCN1C(=O)NCc1ccccc1Cl. The summed E-state index contributed by atoms with van der Waals surface area (Å²) in [5, 5.41) is 12.6. The average molecular weight is 297 g/mol. The molecule has 0 radical (unpaired) electrons. The van der Waals surface area contributed by atoms with Crippen LogP contribution in [0.25, 0.3) is 0 Å². The number of aliphatic carboxylic acids is 1. The molecule has 0 bridgehead atoms. The molecule has 1 fully saturated rings. The molecule has 1 unspecified atom stereocenters. The number of halogens is 1. The third-order valence-corrected chi connectivity index (χ3v) is 4.10. The number of rotatable bonds is 3. The molecule has 2 N–H and O–H groups in total. The molecular weight excluding hydrogens is 280 g/mol. The van der Waals surface area contributed by atoms with E-state index in [0.717, 1.165) is 5.56 Å². The van der Waals surface area contributed by atoms with E-state index in [1.807, 2.05) is 18.2 Å². The van der Waals surface area contributed by atoms with Gasteiger partial charge < -0.3 is 15.3 Å². The molecule has 108 valence electrons. The summed E-state index contributed by atoms with van der Waals surface area (Å²) >= 11 is 6.01. The van der Waals surface area contributed by atoms with Crippen LogP contribution in [0, 0.1) is 0 Å². The summed E-state index contributed by atoms with van der Waals surface area (Å²) in [5.74, 6) is -0.970. The fraction of sp³-hybridized carbons (Fsp3) is 0.429. The van der Waals surface area contributed by atoms with Crippen molar-refractivity contribution in [3.63, 3.8) is 0 Å². The average Bonchev–Trinajstić information content (AvgIpc) is 2.81. The zero-order valence-corrected chi connectivity index (χ0v) is 12.0. The lowest BCUT2D eigenvalue weighted by atomic mass is 10.00. The number of nitrogens with zero attached hydrogens (tertiary/aromatic N) is 1. The zero-order valence-electron chi connectivity index (χ0n) is 11.2. The van der Waals surface area contributed by atoms with E-state index in [-0.39, 0.29) is 12.6 Å². The monoisotopic (exact) mass is 296 g/mol. The molecule has 2 rings (SSSR count). The van der Waals surface area contributed by atoms with Gasteiger partial charge in [0.25, 0.3) is 0 Å². The first-order chi connectivity index (χ1) is 9.45. The number of carbonyl (C=O) groups excluding carboxylic acids is 1. The van der Waals surface area contributed by atoms with E-state index >= 15 is 0 Å². The van der Waals surface area contributed by atoms with Crippen LogP contribution in [0.1, 0.15) is 25.3 Å². The van der Waals surface area contributed by atoms with E-state index in [4.69, 9.17) is 11.6 Å². The highest BCUT2D eigenvalue weighted by Crippen LogP contribution is 2.29. The number of likely N-dealkylation sites (tertiary alicyclic amines) is 1. The third kappa shape index (κ3) is 2.72. The molecule has 1 aliphatic rings. The van der Waals surface area contributed by atoms with Gasteiger partial charge in [-0.2, -0.15) is 0 Å². The fourth-order valence-corrected chi connectivity index (χ4v) is 2.62. The second kappa shape index (κ2) is 5.71. The first-order valence-electron chi connectivity index (χ1n) is 6.47. The molecule has 1 atom stereocenters. The van der Waals surface area contributed by atoms with Crippen molar-refractivity contribution in [1.82, 2.24) is 10.2 Å². The number of urea groups is 1. The minimum atomic E-state index is -1.12. The molecule has 1 heterocycles. The zero-order chi connectivity index (χ0) is 14.8. The number of hydrogen-bond acceptors (Lipinski definition) is 2. The predicted octanol–water partition coefficient (Wildman–Crippen LogP) is 2.49. The number of carboxylic acids is 1. The summed E-state index contributed by atoms with van der Waals surface area (Å²) in [6, 6.07) is 6.86. The van der Waals surface area contributed by atoms with Crippen molar-refractivity contribution in [2.75, 3.05) is 6.54 Å². The van der Waals surface area contributed by atoms with Crippen molar-refractivity contribution in [1.29, 1.82) is 0 Å². The topological polar surface area (TPSA) is 69.6 Å². The molecule has 6 heteroatoms. The van der Waals surface area contributed by atoms with Crippen molar-refractivity contribution in [3.05, 3.63) is 34.9 Å². The normalized spacial score (nSPS) is 21.8. The number of amides is 2. The van der Waals surface area contributed by atoms with Crippen molar-refractivity contribution in [2.45, 2.75) is 31.8 Å². The minimum Gasteiger partial charge on any atom is -0.480 e. The summed E-state index contributed by atoms with van der Waals surface area (Å²) < 4.78 is 0. The van der Waals surface area contributed by atoms with Gasteiger partial charge in [0.05, 0.1) is 0 Å². The predicted molar refractivity (Wildman–Crippen MR) is 75.7 cm³/mol. The van der Waals surface area contributed by atoms with E-state index in [0.29, 0.717) is 24.4 Å². The van der Waals surface area contributed by atoms with Gasteiger partial charge in [-0.3, -0.25) is 0 Å². The third-order valence-electron chi connectivity index (χ3n) is 3.73. The Labute approximate surface area is 122 Å². The van der Waals surface area contributed by atoms with E-state index in [1.54, 1.807) is 13.0 Å². The summed E-state index contributed by atoms with van der Waals surface area (Å²) in [7, 11) is 0. The maximum absolute atomic E-state index is 12.2. The molecule has 1 saturated heterocycles. The van der Waals surface area contributed by atoms with E-state index < -0.39 is 11.5 Å². The Hall–Kier alpha value is -1.75. The molecule has 0 aromatic heterocycles. The molecule has 1 aromatic rings. The Balaban J connectivity index is 2.02. The summed E-state index contributed by atoms with van der Waals surface area (Å²) in [4.78, 5) is 24.9. The van der Waals surface area contributed by atoms with Crippen molar-refractivity contribution in [2.24, 2.45) is 0 Å². The van der Waals surface area contributed by atoms with Gasteiger partial charge in [-0.1, -0.05) is 29.8 Å². The molecular formula is C14H17ClN2O3. The van der Waals surface area contributed by atoms with Crippen molar-refractivity contribution < 1.29 is 14.7 Å². The highest BCUT2D eigenvalue weighted by atomic mass is 35.5. The smallest absolute Gasteiger partial charge is 0.329 e. The molecule has 0 saturated carbocycles. The van der Waals surface area contributed by atoms with Crippen LogP contribution in [0.5, 0.6) is 0 Å². The highest BCUT2D eigenvalue weighted by Gasteiger charge is 2.45. The number of benzene rings is 1. The second-order valence-corrected chi connectivity index (χ2v) is 5.49. The van der Waals surface area contributed by atoms with Crippen LogP contribution >= 0.6 is 11.6 Å². The largest absolute Gasteiger partial charge is 0.480 e. The van der Waals surface area contributed by atoms with E-state index in [1.165, 1.54) is 4.90 Å². The number of nitrogens with one attached hydrogen (secondary N) is 1. The number of hydrogen-bond donors (Lipinski definition) is 2. The Kier molecular flexibility index (Phi) is 4.18. The summed E-state index contributed by atoms with van der Waals surface area (Å²) in [6.45, 7) is 2.32. The van der Waals surface area contributed by atoms with Gasteiger partial charge in [-0.15, -0.1) is 0 Å². The number of carboxylic acid groups (broad SMARTS) is 1. The van der Waals surface area contributed by atoms with Gasteiger partial charge in [-0.05, 0) is 31.4 Å². The van der Waals surface area contributed by atoms with Crippen molar-refractivity contribution in [3.8, 4) is 0 Å². The Bertz CT molecular complexity index is 535. The van der Waals surface area contributed by atoms with Crippen LogP contribution in [-0.4, -0.2) is 34.1 Å². The Morgan fingerprint density at radius 1 is 1.45 bits per heavy atom. The van der Waals surface area contributed by atoms with Gasteiger partial charge in [0.15, 0.2) is 0 Å². The van der Waals surface area contributed by atoms with Gasteiger partial charge in [0, 0.05) is 18.1 Å². The molecule has 0 spiro atoms. The molecule has 2 amide bonds. The first kappa shape index (κ1) is 14.7. The van der Waals surface area contributed by atoms with Crippen LogP contribution in [0.4, 0.5) is 4.79 Å². The lowest BCUT2D eigenvalue weighted by Gasteiger charge is -2.31. The Morgan fingerprint density at radius 3 is 2.80 bits per heavy atom. The fourth-order valence-electron chi connectivity index (χ4n) is 2.42. The summed E-state index contributed by atoms with van der Waals surface area (Å²) in [6.07, 6.45) is 1.17. The van der Waals surface area contributed by atoms with E-state index in [2.05, 4.69) is 5.32 Å². The standard InChI is InChI=1S/C14H17ClN2O3/c1-14(12(18)19)7-4-8-17(14)13(20)16-9-10-5-2-3-6-11(10)15/h2-3,5-6H,4,7-9H2,1H3,(H,16,20)(H,18,19). The van der Waals surface area contributed by atoms with Crippen LogP contribution in [-0.2, 0) is 11.3 Å². The van der Waals surface area contributed by atoms with Gasteiger partial charge in [0.1, 0.15) is 5.54 Å². The lowest BCUT2D eigenvalue weighted by molar-refractivity contribution is -0.147. The van der Waals surface area contributed by atoms with Crippen LogP contribution in [0.15, 0.2) is 24.3 Å². The van der Waals surface area contributed by atoms with Crippen LogP contribution in [0.2, 0.25) is 5.02 Å². The second-order valence-electron chi connectivity index (χ2n) is 5.08. The maximum Gasteiger partial charge on any atom is 0.329 e. The van der Waals surface area contributed by atoms with Gasteiger partial charge >= 0.3 is 12.0 Å². The van der Waals surface area contributed by atoms with E-state index in [9.17, 15) is 14.7 Å². The lowest BCUT2D eigenvalue weighted by Crippen LogP contribution is -2.53.